The number of amides is 1. The molecule has 0 saturated heterocycles. The van der Waals surface area contributed by atoms with Gasteiger partial charge in [-0.15, -0.1) is 0 Å². The Kier molecular flexibility index (Phi) is 6.51. The second-order valence-electron chi connectivity index (χ2n) is 6.19. The molecule has 2 aromatic carbocycles. The Morgan fingerprint density at radius 3 is 2.56 bits per heavy atom. The van der Waals surface area contributed by atoms with Crippen LogP contribution in [0, 0.1) is 21.1 Å². The van der Waals surface area contributed by atoms with Crippen molar-refractivity contribution in [3.05, 3.63) is 56.1 Å². The fourth-order valence-electron chi connectivity index (χ4n) is 2.56. The number of hydroxylamine groups is 1. The van der Waals surface area contributed by atoms with Gasteiger partial charge in [-0.3, -0.25) is 4.79 Å². The highest BCUT2D eigenvalue weighted by atomic mass is 127. The second-order valence-corrected chi connectivity index (χ2v) is 7.84. The molecule has 3 N–H and O–H groups in total. The summed E-state index contributed by atoms with van der Waals surface area (Å²) >= 11 is 8.23. The van der Waals surface area contributed by atoms with Crippen molar-refractivity contribution in [3.8, 4) is 0 Å². The van der Waals surface area contributed by atoms with Gasteiger partial charge < -0.3 is 10.4 Å². The number of rotatable bonds is 6. The second kappa shape index (κ2) is 8.68. The van der Waals surface area contributed by atoms with Gasteiger partial charge in [-0.1, -0.05) is 18.0 Å². The number of hydrogen-bond acceptors (Lipinski definition) is 4. The zero-order valence-corrected chi connectivity index (χ0v) is 16.9. The molecule has 1 atom stereocenters. The Bertz CT molecular complexity index is 865. The molecule has 1 saturated carbocycles. The predicted octanol–water partition coefficient (Wildman–Crippen LogP) is 4.75. The van der Waals surface area contributed by atoms with Gasteiger partial charge in [-0.2, -0.15) is 0 Å². The predicted molar refractivity (Wildman–Crippen MR) is 106 cm³/mol. The molecule has 0 aromatic heterocycles. The Morgan fingerprint density at radius 1 is 1.22 bits per heavy atom. The first-order valence-electron chi connectivity index (χ1n) is 8.20. The summed E-state index contributed by atoms with van der Waals surface area (Å²) in [7, 11) is 0. The zero-order chi connectivity index (χ0) is 19.6. The van der Waals surface area contributed by atoms with Crippen LogP contribution in [0.2, 0.25) is 5.02 Å². The number of aliphatic hydroxyl groups is 1. The summed E-state index contributed by atoms with van der Waals surface area (Å²) in [6.45, 7) is 0. The number of carbonyl (C=O) groups excluding carboxylic acids is 1. The van der Waals surface area contributed by atoms with Crippen LogP contribution in [0.5, 0.6) is 0 Å². The third kappa shape index (κ3) is 4.87. The Morgan fingerprint density at radius 2 is 1.93 bits per heavy atom. The average Bonchev–Trinajstić information content (AvgIpc) is 2.56. The Labute approximate surface area is 173 Å². The lowest BCUT2D eigenvalue weighted by molar-refractivity contribution is -0.178. The highest BCUT2D eigenvalue weighted by molar-refractivity contribution is 14.1. The molecule has 1 amide bonds. The minimum Gasteiger partial charge on any atom is -0.366 e. The molecule has 1 aliphatic carbocycles. The van der Waals surface area contributed by atoms with E-state index in [1.807, 2.05) is 0 Å². The van der Waals surface area contributed by atoms with Gasteiger partial charge in [0.25, 0.3) is 5.91 Å². The smallest absolute Gasteiger partial charge is 0.277 e. The van der Waals surface area contributed by atoms with Gasteiger partial charge in [0.2, 0.25) is 0 Å². The molecule has 144 valence electrons. The Balaban J connectivity index is 1.80. The van der Waals surface area contributed by atoms with E-state index >= 15 is 0 Å². The largest absolute Gasteiger partial charge is 0.366 e. The standard InChI is InChI=1S/C18H16ClF2IN2O3/c19-12-6-10(22)4-5-15(12)23-16-8-14(21)13(20)7-11(16)17(25)24-27-18(26)9-2-1-3-9/h4-9,18,23,26H,1-3H2,(H,24,25). The van der Waals surface area contributed by atoms with E-state index in [-0.39, 0.29) is 17.2 Å². The number of aliphatic hydroxyl groups excluding tert-OH is 1. The van der Waals surface area contributed by atoms with E-state index in [9.17, 15) is 18.7 Å². The quantitative estimate of drug-likeness (QED) is 0.299. The summed E-state index contributed by atoms with van der Waals surface area (Å²) < 4.78 is 28.3. The highest BCUT2D eigenvalue weighted by Gasteiger charge is 2.27. The first-order chi connectivity index (χ1) is 12.8. The third-order valence-electron chi connectivity index (χ3n) is 4.33. The van der Waals surface area contributed by atoms with Gasteiger partial charge in [0.15, 0.2) is 17.9 Å². The monoisotopic (exact) mass is 508 g/mol. The van der Waals surface area contributed by atoms with E-state index in [0.29, 0.717) is 10.7 Å². The van der Waals surface area contributed by atoms with E-state index in [2.05, 4.69) is 33.4 Å². The molecule has 0 heterocycles. The van der Waals surface area contributed by atoms with E-state index in [0.717, 1.165) is 35.0 Å². The lowest BCUT2D eigenvalue weighted by Gasteiger charge is -2.29. The van der Waals surface area contributed by atoms with Gasteiger partial charge >= 0.3 is 0 Å². The number of anilines is 2. The van der Waals surface area contributed by atoms with Crippen molar-refractivity contribution in [1.29, 1.82) is 0 Å². The first-order valence-corrected chi connectivity index (χ1v) is 9.66. The molecule has 3 rings (SSSR count). The van der Waals surface area contributed by atoms with Crippen molar-refractivity contribution in [1.82, 2.24) is 5.48 Å². The van der Waals surface area contributed by atoms with Crippen LogP contribution in [0.4, 0.5) is 20.2 Å². The zero-order valence-electron chi connectivity index (χ0n) is 13.9. The van der Waals surface area contributed by atoms with E-state index < -0.39 is 23.8 Å². The maximum Gasteiger partial charge on any atom is 0.277 e. The molecule has 5 nitrogen and oxygen atoms in total. The molecular weight excluding hydrogens is 493 g/mol. The lowest BCUT2D eigenvalue weighted by Crippen LogP contribution is -2.36. The van der Waals surface area contributed by atoms with E-state index in [4.69, 9.17) is 16.4 Å². The van der Waals surface area contributed by atoms with Crippen LogP contribution >= 0.6 is 34.2 Å². The minimum absolute atomic E-state index is 0.0104. The van der Waals surface area contributed by atoms with Crippen molar-refractivity contribution in [3.63, 3.8) is 0 Å². The summed E-state index contributed by atoms with van der Waals surface area (Å²) in [6, 6.07) is 6.73. The SMILES string of the molecule is O=C(NOC(O)C1CCC1)c1cc(F)c(F)cc1Nc1ccc(I)cc1Cl. The van der Waals surface area contributed by atoms with Crippen molar-refractivity contribution in [2.24, 2.45) is 5.92 Å². The number of nitrogens with one attached hydrogen (secondary N) is 2. The van der Waals surface area contributed by atoms with Gasteiger partial charge in [-0.05, 0) is 59.7 Å². The van der Waals surface area contributed by atoms with Gasteiger partial charge in [0.05, 0.1) is 22.0 Å². The summed E-state index contributed by atoms with van der Waals surface area (Å²) in [5, 5.41) is 13.0. The van der Waals surface area contributed by atoms with Crippen molar-refractivity contribution in [2.75, 3.05) is 5.32 Å². The molecule has 27 heavy (non-hydrogen) atoms. The van der Waals surface area contributed by atoms with E-state index in [1.54, 1.807) is 18.2 Å². The molecule has 9 heteroatoms. The number of hydrogen-bond donors (Lipinski definition) is 3. The fraction of sp³-hybridized carbons (Fsp3) is 0.278. The van der Waals surface area contributed by atoms with Gasteiger partial charge in [0.1, 0.15) is 0 Å². The fourth-order valence-corrected chi connectivity index (χ4v) is 3.47. The maximum absolute atomic E-state index is 13.7. The van der Waals surface area contributed by atoms with Crippen LogP contribution in [-0.4, -0.2) is 17.3 Å². The first kappa shape index (κ1) is 20.2. The molecule has 0 radical (unpaired) electrons. The average molecular weight is 509 g/mol. The van der Waals surface area contributed by atoms with Gasteiger partial charge in [0, 0.05) is 15.6 Å². The van der Waals surface area contributed by atoms with Crippen molar-refractivity contribution >= 4 is 51.5 Å². The molecule has 0 spiro atoms. The molecule has 1 fully saturated rings. The van der Waals surface area contributed by atoms with Gasteiger partial charge in [-0.25, -0.2) is 19.1 Å². The van der Waals surface area contributed by atoms with Crippen LogP contribution < -0.4 is 10.8 Å². The summed E-state index contributed by atoms with van der Waals surface area (Å²) in [5.41, 5.74) is 2.34. The third-order valence-corrected chi connectivity index (χ3v) is 5.31. The maximum atomic E-state index is 13.7. The van der Waals surface area contributed by atoms with Crippen LogP contribution in [0.3, 0.4) is 0 Å². The number of halogens is 4. The van der Waals surface area contributed by atoms with Crippen molar-refractivity contribution < 1.29 is 23.5 Å². The summed E-state index contributed by atoms with van der Waals surface area (Å²) in [5.74, 6) is -3.17. The van der Waals surface area contributed by atoms with Crippen molar-refractivity contribution in [2.45, 2.75) is 25.6 Å². The number of benzene rings is 2. The van der Waals surface area contributed by atoms with Crippen LogP contribution in [0.1, 0.15) is 29.6 Å². The minimum atomic E-state index is -1.18. The Hall–Kier alpha value is -1.49. The number of carbonyl (C=O) groups is 1. The highest BCUT2D eigenvalue weighted by Crippen LogP contribution is 2.31. The van der Waals surface area contributed by atoms with Crippen LogP contribution in [0.25, 0.3) is 0 Å². The summed E-state index contributed by atoms with van der Waals surface area (Å²) in [4.78, 5) is 17.3. The lowest BCUT2D eigenvalue weighted by atomic mass is 9.85. The summed E-state index contributed by atoms with van der Waals surface area (Å²) in [6.07, 6.45) is 1.46. The topological polar surface area (TPSA) is 70.6 Å². The molecule has 0 bridgehead atoms. The molecule has 2 aromatic rings. The van der Waals surface area contributed by atoms with Crippen LogP contribution in [-0.2, 0) is 4.84 Å². The molecule has 1 aliphatic rings. The van der Waals surface area contributed by atoms with E-state index in [1.165, 1.54) is 0 Å². The molecule has 0 aliphatic heterocycles. The van der Waals surface area contributed by atoms with Crippen LogP contribution in [0.15, 0.2) is 30.3 Å². The molecular formula is C18H16ClF2IN2O3. The molecule has 1 unspecified atom stereocenters. The normalized spacial score (nSPS) is 15.1.